The average molecular weight is 342 g/mol. The van der Waals surface area contributed by atoms with E-state index in [1.807, 2.05) is 85.9 Å². The fourth-order valence-corrected chi connectivity index (χ4v) is 2.90. The molecule has 0 aliphatic rings. The summed E-state index contributed by atoms with van der Waals surface area (Å²) in [4.78, 5) is 4.50. The number of aliphatic imine (C=N–C) groups is 1. The maximum absolute atomic E-state index is 10.4. The molecule has 1 aromatic heterocycles. The van der Waals surface area contributed by atoms with E-state index in [9.17, 15) is 5.11 Å². The highest BCUT2D eigenvalue weighted by Gasteiger charge is 2.11. The van der Waals surface area contributed by atoms with Crippen LogP contribution in [0.3, 0.4) is 0 Å². The van der Waals surface area contributed by atoms with Crippen LogP contribution in [0.15, 0.2) is 83.9 Å². The minimum atomic E-state index is 0.207. The summed E-state index contributed by atoms with van der Waals surface area (Å²) in [6.45, 7) is 0. The third kappa shape index (κ3) is 3.05. The number of hydrogen-bond donors (Lipinski definition) is 1. The third-order valence-corrected chi connectivity index (χ3v) is 4.27. The number of fused-ring (bicyclic) bond motifs is 1. The number of hydrogen-bond acceptors (Lipinski definition) is 3. The molecule has 0 aliphatic heterocycles. The minimum Gasteiger partial charge on any atom is -0.494 e. The molecule has 0 bridgehead atoms. The fourth-order valence-electron chi connectivity index (χ4n) is 2.90. The second-order valence-electron chi connectivity index (χ2n) is 5.98. The van der Waals surface area contributed by atoms with Gasteiger partial charge in [0, 0.05) is 18.6 Å². The van der Waals surface area contributed by atoms with Crippen LogP contribution in [0.25, 0.3) is 10.9 Å². The van der Waals surface area contributed by atoms with Gasteiger partial charge in [-0.25, -0.2) is 0 Å². The summed E-state index contributed by atoms with van der Waals surface area (Å²) in [5.74, 6) is 1.76. The number of aromatic hydroxyl groups is 1. The zero-order chi connectivity index (χ0) is 17.9. The molecule has 4 heteroatoms. The van der Waals surface area contributed by atoms with Crippen molar-refractivity contribution in [2.75, 3.05) is 0 Å². The van der Waals surface area contributed by atoms with E-state index in [0.717, 1.165) is 28.1 Å². The first kappa shape index (κ1) is 16.0. The lowest BCUT2D eigenvalue weighted by atomic mass is 10.2. The maximum Gasteiger partial charge on any atom is 0.200 e. The van der Waals surface area contributed by atoms with Crippen molar-refractivity contribution in [1.82, 2.24) is 4.57 Å². The van der Waals surface area contributed by atoms with Crippen LogP contribution in [0.5, 0.6) is 17.4 Å². The van der Waals surface area contributed by atoms with Crippen molar-refractivity contribution in [1.29, 1.82) is 0 Å². The Labute approximate surface area is 151 Å². The van der Waals surface area contributed by atoms with Gasteiger partial charge in [-0.2, -0.15) is 0 Å². The monoisotopic (exact) mass is 342 g/mol. The summed E-state index contributed by atoms with van der Waals surface area (Å²) >= 11 is 0. The molecule has 128 valence electrons. The standard InChI is InChI=1S/C22H18N2O2/c1-24-21-10-6-5-9-19(21)20(22(24)25)15-23-16-11-13-18(14-12-16)26-17-7-3-2-4-8-17/h2-15,25H,1H3. The average Bonchev–Trinajstić information content (AvgIpc) is 2.93. The van der Waals surface area contributed by atoms with Crippen molar-refractivity contribution in [2.24, 2.45) is 12.0 Å². The summed E-state index contributed by atoms with van der Waals surface area (Å²) in [5.41, 5.74) is 2.48. The lowest BCUT2D eigenvalue weighted by Crippen LogP contribution is -1.86. The second kappa shape index (κ2) is 6.76. The van der Waals surface area contributed by atoms with Gasteiger partial charge in [0.05, 0.1) is 16.8 Å². The van der Waals surface area contributed by atoms with Gasteiger partial charge in [0.1, 0.15) is 11.5 Å². The van der Waals surface area contributed by atoms with E-state index in [-0.39, 0.29) is 5.88 Å². The van der Waals surface area contributed by atoms with Crippen LogP contribution in [0, 0.1) is 0 Å². The maximum atomic E-state index is 10.4. The number of nitrogens with zero attached hydrogens (tertiary/aromatic N) is 2. The molecule has 0 amide bonds. The lowest BCUT2D eigenvalue weighted by Gasteiger charge is -2.05. The first-order chi connectivity index (χ1) is 12.7. The van der Waals surface area contributed by atoms with Gasteiger partial charge in [-0.1, -0.05) is 36.4 Å². The third-order valence-electron chi connectivity index (χ3n) is 4.27. The summed E-state index contributed by atoms with van der Waals surface area (Å²) in [7, 11) is 1.84. The van der Waals surface area contributed by atoms with Crippen molar-refractivity contribution in [2.45, 2.75) is 0 Å². The van der Waals surface area contributed by atoms with Crippen LogP contribution in [0.2, 0.25) is 0 Å². The Morgan fingerprint density at radius 2 is 1.50 bits per heavy atom. The summed E-state index contributed by atoms with van der Waals surface area (Å²) in [6.07, 6.45) is 1.70. The minimum absolute atomic E-state index is 0.207. The number of benzene rings is 3. The van der Waals surface area contributed by atoms with Gasteiger partial charge in [0.2, 0.25) is 5.88 Å². The molecule has 0 fully saturated rings. The predicted molar refractivity (Wildman–Crippen MR) is 105 cm³/mol. The quantitative estimate of drug-likeness (QED) is 0.503. The van der Waals surface area contributed by atoms with Gasteiger partial charge in [-0.05, 0) is 42.5 Å². The number of rotatable bonds is 4. The van der Waals surface area contributed by atoms with Crippen molar-refractivity contribution >= 4 is 22.8 Å². The first-order valence-electron chi connectivity index (χ1n) is 8.36. The second-order valence-corrected chi connectivity index (χ2v) is 5.98. The van der Waals surface area contributed by atoms with Crippen molar-refractivity contribution < 1.29 is 9.84 Å². The zero-order valence-corrected chi connectivity index (χ0v) is 14.3. The normalized spacial score (nSPS) is 11.3. The van der Waals surface area contributed by atoms with E-state index < -0.39 is 0 Å². The van der Waals surface area contributed by atoms with Gasteiger partial charge in [-0.3, -0.25) is 4.99 Å². The SMILES string of the molecule is Cn1c(O)c(C=Nc2ccc(Oc3ccccc3)cc2)c2ccccc21. The van der Waals surface area contributed by atoms with Crippen LogP contribution in [-0.2, 0) is 7.05 Å². The van der Waals surface area contributed by atoms with Crippen LogP contribution in [0.4, 0.5) is 5.69 Å². The Morgan fingerprint density at radius 3 is 2.27 bits per heavy atom. The molecule has 0 atom stereocenters. The van der Waals surface area contributed by atoms with Gasteiger partial charge in [-0.15, -0.1) is 0 Å². The Balaban J connectivity index is 1.57. The van der Waals surface area contributed by atoms with E-state index in [2.05, 4.69) is 4.99 Å². The molecule has 4 aromatic rings. The molecular weight excluding hydrogens is 324 g/mol. The summed E-state index contributed by atoms with van der Waals surface area (Å²) < 4.78 is 7.54. The van der Waals surface area contributed by atoms with Crippen LogP contribution >= 0.6 is 0 Å². The molecule has 0 unspecified atom stereocenters. The topological polar surface area (TPSA) is 46.8 Å². The van der Waals surface area contributed by atoms with Crippen LogP contribution in [0.1, 0.15) is 5.56 Å². The smallest absolute Gasteiger partial charge is 0.200 e. The highest BCUT2D eigenvalue weighted by molar-refractivity contribution is 6.03. The van der Waals surface area contributed by atoms with Crippen LogP contribution in [-0.4, -0.2) is 15.9 Å². The number of aromatic nitrogens is 1. The molecule has 26 heavy (non-hydrogen) atoms. The predicted octanol–water partition coefficient (Wildman–Crippen LogP) is 5.43. The fraction of sp³-hybridized carbons (Fsp3) is 0.0455. The molecule has 0 aliphatic carbocycles. The zero-order valence-electron chi connectivity index (χ0n) is 14.3. The Hall–Kier alpha value is -3.53. The van der Waals surface area contributed by atoms with E-state index in [0.29, 0.717) is 5.56 Å². The van der Waals surface area contributed by atoms with E-state index in [1.54, 1.807) is 10.8 Å². The number of para-hydroxylation sites is 2. The van der Waals surface area contributed by atoms with Crippen molar-refractivity contribution in [3.63, 3.8) is 0 Å². The number of ether oxygens (including phenoxy) is 1. The number of aryl methyl sites for hydroxylation is 1. The van der Waals surface area contributed by atoms with E-state index in [1.165, 1.54) is 0 Å². The van der Waals surface area contributed by atoms with Crippen molar-refractivity contribution in [3.05, 3.63) is 84.4 Å². The molecule has 1 heterocycles. The van der Waals surface area contributed by atoms with Gasteiger partial charge in [0.25, 0.3) is 0 Å². The largest absolute Gasteiger partial charge is 0.494 e. The van der Waals surface area contributed by atoms with Gasteiger partial charge < -0.3 is 14.4 Å². The van der Waals surface area contributed by atoms with E-state index in [4.69, 9.17) is 4.74 Å². The highest BCUT2D eigenvalue weighted by Crippen LogP contribution is 2.29. The Morgan fingerprint density at radius 1 is 0.846 bits per heavy atom. The molecule has 0 radical (unpaired) electrons. The molecule has 0 spiro atoms. The van der Waals surface area contributed by atoms with Gasteiger partial charge >= 0.3 is 0 Å². The molecule has 0 saturated heterocycles. The van der Waals surface area contributed by atoms with Crippen molar-refractivity contribution in [3.8, 4) is 17.4 Å². The molecular formula is C22H18N2O2. The molecule has 4 rings (SSSR count). The lowest BCUT2D eigenvalue weighted by molar-refractivity contribution is 0.434. The summed E-state index contributed by atoms with van der Waals surface area (Å²) in [6, 6.07) is 25.0. The first-order valence-corrected chi connectivity index (χ1v) is 8.36. The molecule has 3 aromatic carbocycles. The molecule has 1 N–H and O–H groups in total. The molecule has 0 saturated carbocycles. The van der Waals surface area contributed by atoms with E-state index >= 15 is 0 Å². The molecule has 4 nitrogen and oxygen atoms in total. The summed E-state index contributed by atoms with van der Waals surface area (Å²) in [5, 5.41) is 11.3. The van der Waals surface area contributed by atoms with Crippen LogP contribution < -0.4 is 4.74 Å². The highest BCUT2D eigenvalue weighted by atomic mass is 16.5. The Kier molecular flexibility index (Phi) is 4.15. The Bertz CT molecular complexity index is 1060. The van der Waals surface area contributed by atoms with Gasteiger partial charge in [0.15, 0.2) is 0 Å².